The van der Waals surface area contributed by atoms with Crippen LogP contribution in [0.2, 0.25) is 0 Å². The van der Waals surface area contributed by atoms with Gasteiger partial charge in [-0.05, 0) is 50.5 Å². The van der Waals surface area contributed by atoms with Gasteiger partial charge in [0.1, 0.15) is 17.0 Å². The number of methoxy groups -OCH3 is 1. The number of ether oxygens (including phenoxy) is 1. The topological polar surface area (TPSA) is 76.7 Å². The van der Waals surface area contributed by atoms with E-state index >= 15 is 0 Å². The van der Waals surface area contributed by atoms with Crippen LogP contribution in [0, 0.1) is 0 Å². The number of nitrogens with one attached hydrogen (secondary N) is 1. The molecule has 7 nitrogen and oxygen atoms in total. The fourth-order valence-electron chi connectivity index (χ4n) is 5.07. The van der Waals surface area contributed by atoms with Crippen molar-refractivity contribution in [2.45, 2.75) is 76.4 Å². The van der Waals surface area contributed by atoms with Crippen LogP contribution in [0.15, 0.2) is 34.9 Å². The van der Waals surface area contributed by atoms with Crippen molar-refractivity contribution in [1.29, 1.82) is 0 Å². The highest BCUT2D eigenvalue weighted by molar-refractivity contribution is 6.00. The van der Waals surface area contributed by atoms with Gasteiger partial charge in [-0.2, -0.15) is 0 Å². The minimum absolute atomic E-state index is 0.0708. The molecular weight excluding hydrogens is 406 g/mol. The SMILES string of the molecule is COCCCN1C(=O)c2ccc(-c3ccco3)n2C[C@@]1(C)C(=O)NC1CCCCCCC1. The molecule has 1 aliphatic carbocycles. The van der Waals surface area contributed by atoms with Crippen LogP contribution in [-0.2, 0) is 16.1 Å². The average Bonchev–Trinajstić information content (AvgIpc) is 3.42. The summed E-state index contributed by atoms with van der Waals surface area (Å²) in [6, 6.07) is 7.61. The first-order valence-corrected chi connectivity index (χ1v) is 11.9. The highest BCUT2D eigenvalue weighted by Gasteiger charge is 2.48. The van der Waals surface area contributed by atoms with Crippen molar-refractivity contribution in [3.8, 4) is 11.5 Å². The van der Waals surface area contributed by atoms with Gasteiger partial charge in [0, 0.05) is 26.3 Å². The zero-order valence-corrected chi connectivity index (χ0v) is 19.3. The molecule has 2 aliphatic rings. The second kappa shape index (κ2) is 9.94. The third-order valence-corrected chi connectivity index (χ3v) is 6.94. The lowest BCUT2D eigenvalue weighted by molar-refractivity contribution is -0.133. The molecule has 1 aliphatic heterocycles. The maximum Gasteiger partial charge on any atom is 0.271 e. The molecule has 2 aromatic rings. The zero-order valence-electron chi connectivity index (χ0n) is 19.3. The van der Waals surface area contributed by atoms with Gasteiger partial charge in [-0.3, -0.25) is 9.59 Å². The molecule has 174 valence electrons. The molecule has 3 heterocycles. The second-order valence-electron chi connectivity index (χ2n) is 9.26. The van der Waals surface area contributed by atoms with E-state index in [0.29, 0.717) is 37.6 Å². The highest BCUT2D eigenvalue weighted by Crippen LogP contribution is 2.33. The summed E-state index contributed by atoms with van der Waals surface area (Å²) in [6.07, 6.45) is 10.3. The van der Waals surface area contributed by atoms with Gasteiger partial charge in [-0.25, -0.2) is 0 Å². The Kier molecular flexibility index (Phi) is 7.04. The first-order chi connectivity index (χ1) is 15.5. The standard InChI is InChI=1S/C25H35N3O4/c1-25(24(30)26-19-10-6-4-3-5-7-11-19)18-27-20(22-12-8-17-32-22)13-14-21(27)23(29)28(25)15-9-16-31-2/h8,12-14,17,19H,3-7,9-11,15-16,18H2,1-2H3,(H,26,30)/t25-/m0/s1. The fourth-order valence-corrected chi connectivity index (χ4v) is 5.07. The first kappa shape index (κ1) is 22.6. The molecule has 1 N–H and O–H groups in total. The summed E-state index contributed by atoms with van der Waals surface area (Å²) < 4.78 is 12.7. The number of furan rings is 1. The Morgan fingerprint density at radius 2 is 1.88 bits per heavy atom. The summed E-state index contributed by atoms with van der Waals surface area (Å²) in [6.45, 7) is 3.30. The Hall–Kier alpha value is -2.54. The molecule has 0 bridgehead atoms. The highest BCUT2D eigenvalue weighted by atomic mass is 16.5. The monoisotopic (exact) mass is 441 g/mol. The molecule has 0 aromatic carbocycles. The minimum atomic E-state index is -0.986. The van der Waals surface area contributed by atoms with E-state index in [-0.39, 0.29) is 17.9 Å². The number of nitrogens with zero attached hydrogens (tertiary/aromatic N) is 2. The fraction of sp³-hybridized carbons (Fsp3) is 0.600. The molecule has 7 heteroatoms. The van der Waals surface area contributed by atoms with Gasteiger partial charge in [0.2, 0.25) is 5.91 Å². The van der Waals surface area contributed by atoms with E-state index in [9.17, 15) is 9.59 Å². The molecule has 2 aromatic heterocycles. The van der Waals surface area contributed by atoms with Crippen LogP contribution >= 0.6 is 0 Å². The zero-order chi connectivity index (χ0) is 22.6. The minimum Gasteiger partial charge on any atom is -0.463 e. The van der Waals surface area contributed by atoms with Gasteiger partial charge in [-0.15, -0.1) is 0 Å². The third-order valence-electron chi connectivity index (χ3n) is 6.94. The summed E-state index contributed by atoms with van der Waals surface area (Å²) in [5.74, 6) is 0.499. The van der Waals surface area contributed by atoms with Crippen molar-refractivity contribution in [3.05, 3.63) is 36.2 Å². The lowest BCUT2D eigenvalue weighted by Gasteiger charge is -2.45. The number of hydrogen-bond donors (Lipinski definition) is 1. The molecule has 1 fully saturated rings. The van der Waals surface area contributed by atoms with Crippen LogP contribution in [0.5, 0.6) is 0 Å². The number of rotatable bonds is 7. The summed E-state index contributed by atoms with van der Waals surface area (Å²) in [5.41, 5.74) is 0.422. The number of hydrogen-bond acceptors (Lipinski definition) is 4. The summed E-state index contributed by atoms with van der Waals surface area (Å²) in [7, 11) is 1.65. The summed E-state index contributed by atoms with van der Waals surface area (Å²) in [4.78, 5) is 29.0. The van der Waals surface area contributed by atoms with Gasteiger partial charge < -0.3 is 23.9 Å². The molecule has 0 radical (unpaired) electrons. The molecule has 0 saturated heterocycles. The lowest BCUT2D eigenvalue weighted by atomic mass is 9.92. The third kappa shape index (κ3) is 4.49. The number of aromatic nitrogens is 1. The molecule has 1 saturated carbocycles. The van der Waals surface area contributed by atoms with Crippen molar-refractivity contribution in [3.63, 3.8) is 0 Å². The van der Waals surface area contributed by atoms with E-state index in [1.54, 1.807) is 18.3 Å². The van der Waals surface area contributed by atoms with E-state index in [1.807, 2.05) is 35.8 Å². The van der Waals surface area contributed by atoms with Crippen LogP contribution in [0.25, 0.3) is 11.5 Å². The van der Waals surface area contributed by atoms with E-state index < -0.39 is 5.54 Å². The van der Waals surface area contributed by atoms with Gasteiger partial charge in [0.05, 0.1) is 18.5 Å². The van der Waals surface area contributed by atoms with Crippen molar-refractivity contribution < 1.29 is 18.7 Å². The summed E-state index contributed by atoms with van der Waals surface area (Å²) in [5, 5.41) is 3.31. The van der Waals surface area contributed by atoms with Gasteiger partial charge >= 0.3 is 0 Å². The predicted molar refractivity (Wildman–Crippen MR) is 122 cm³/mol. The number of amides is 2. The van der Waals surface area contributed by atoms with Crippen LogP contribution in [-0.4, -0.2) is 53.1 Å². The van der Waals surface area contributed by atoms with E-state index in [0.717, 1.165) is 31.4 Å². The van der Waals surface area contributed by atoms with E-state index in [2.05, 4.69) is 5.32 Å². The van der Waals surface area contributed by atoms with Gasteiger partial charge in [0.25, 0.3) is 5.91 Å². The quantitative estimate of drug-likeness (QED) is 0.653. The lowest BCUT2D eigenvalue weighted by Crippen LogP contribution is -2.65. The van der Waals surface area contributed by atoms with Gasteiger partial charge in [0.15, 0.2) is 0 Å². The number of carbonyl (C=O) groups excluding carboxylic acids is 2. The van der Waals surface area contributed by atoms with Crippen molar-refractivity contribution in [1.82, 2.24) is 14.8 Å². The molecule has 32 heavy (non-hydrogen) atoms. The normalized spacial score (nSPS) is 22.3. The molecule has 4 rings (SSSR count). The van der Waals surface area contributed by atoms with Crippen LogP contribution in [0.4, 0.5) is 0 Å². The van der Waals surface area contributed by atoms with E-state index in [1.165, 1.54) is 19.3 Å². The Morgan fingerprint density at radius 3 is 2.56 bits per heavy atom. The first-order valence-electron chi connectivity index (χ1n) is 11.9. The van der Waals surface area contributed by atoms with E-state index in [4.69, 9.17) is 9.15 Å². The van der Waals surface area contributed by atoms with Crippen LogP contribution in [0.1, 0.15) is 68.8 Å². The van der Waals surface area contributed by atoms with Crippen LogP contribution in [0.3, 0.4) is 0 Å². The average molecular weight is 442 g/mol. The number of fused-ring (bicyclic) bond motifs is 1. The van der Waals surface area contributed by atoms with Crippen molar-refractivity contribution in [2.75, 3.05) is 20.3 Å². The Morgan fingerprint density at radius 1 is 1.16 bits per heavy atom. The van der Waals surface area contributed by atoms with Crippen molar-refractivity contribution >= 4 is 11.8 Å². The Bertz CT molecular complexity index is 912. The van der Waals surface area contributed by atoms with Crippen LogP contribution < -0.4 is 5.32 Å². The van der Waals surface area contributed by atoms with Crippen molar-refractivity contribution in [2.24, 2.45) is 0 Å². The second-order valence-corrected chi connectivity index (χ2v) is 9.26. The van der Waals surface area contributed by atoms with Gasteiger partial charge in [-0.1, -0.05) is 32.1 Å². The molecule has 2 amide bonds. The molecule has 0 unspecified atom stereocenters. The predicted octanol–water partition coefficient (Wildman–Crippen LogP) is 4.23. The Balaban J connectivity index is 1.63. The summed E-state index contributed by atoms with van der Waals surface area (Å²) >= 11 is 0. The maximum atomic E-state index is 13.7. The molecular formula is C25H35N3O4. The Labute approximate surface area is 190 Å². The largest absolute Gasteiger partial charge is 0.463 e. The molecule has 1 atom stereocenters. The maximum absolute atomic E-state index is 13.7. The molecule has 0 spiro atoms. The number of carbonyl (C=O) groups is 2. The smallest absolute Gasteiger partial charge is 0.271 e.